The Bertz CT molecular complexity index is 1070. The molecule has 4 aliphatic rings. The Morgan fingerprint density at radius 3 is 1.87 bits per heavy atom. The van der Waals surface area contributed by atoms with Crippen molar-refractivity contribution in [2.45, 2.75) is 93.1 Å². The SMILES string of the molecule is C=C(C)C(=O)OC12CC3CC(C1)C(OC(=O)C(F)(F)C(C)(F)F)C(OC(=O)C(F)(F)C(F)(F)C(F)(F)F)(C3)C2. The number of hydrogen-bond donors (Lipinski definition) is 0. The maximum absolute atomic E-state index is 14.2. The van der Waals surface area contributed by atoms with Gasteiger partial charge >= 0.3 is 47.8 Å². The van der Waals surface area contributed by atoms with E-state index in [1.165, 1.54) is 6.92 Å². The molecule has 0 radical (unpaired) electrons. The number of ether oxygens (including phenoxy) is 3. The molecule has 0 aromatic heterocycles. The van der Waals surface area contributed by atoms with Gasteiger partial charge in [0.15, 0.2) is 5.60 Å². The first-order valence-corrected chi connectivity index (χ1v) is 11.2. The summed E-state index contributed by atoms with van der Waals surface area (Å²) in [6.45, 7) is 4.20. The number of carbonyl (C=O) groups is 3. The molecule has 4 rings (SSSR count). The zero-order chi connectivity index (χ0) is 30.2. The van der Waals surface area contributed by atoms with E-state index in [2.05, 4.69) is 16.1 Å². The molecule has 39 heavy (non-hydrogen) atoms. The standard InChI is InChI=1S/C22H21F11O6/c1-9(2)13(34)38-17-5-10-4-11(7-17)12(37-14(35)19(25,26)16(3,23)24)18(6-10,8-17)39-15(36)20(27,28)21(29,30)22(31,32)33/h10-12H,1,4-8H2,2-3H3. The topological polar surface area (TPSA) is 78.9 Å². The molecule has 0 spiro atoms. The average Bonchev–Trinajstić information content (AvgIpc) is 2.73. The first-order chi connectivity index (χ1) is 17.3. The van der Waals surface area contributed by atoms with Gasteiger partial charge in [-0.1, -0.05) is 6.58 Å². The molecule has 0 aliphatic heterocycles. The Balaban J connectivity index is 2.05. The monoisotopic (exact) mass is 590 g/mol. The first kappa shape index (κ1) is 30.9. The van der Waals surface area contributed by atoms with E-state index < -0.39 is 89.8 Å². The summed E-state index contributed by atoms with van der Waals surface area (Å²) in [7, 11) is 0. The number of esters is 3. The van der Waals surface area contributed by atoms with Crippen molar-refractivity contribution in [2.24, 2.45) is 11.8 Å². The quantitative estimate of drug-likeness (QED) is 0.164. The normalized spacial score (nSPS) is 31.1. The molecule has 0 aromatic rings. The fourth-order valence-electron chi connectivity index (χ4n) is 5.63. The van der Waals surface area contributed by atoms with Gasteiger partial charge in [-0.2, -0.15) is 48.3 Å². The van der Waals surface area contributed by atoms with Crippen molar-refractivity contribution in [3.05, 3.63) is 12.2 Å². The highest BCUT2D eigenvalue weighted by atomic mass is 19.4. The van der Waals surface area contributed by atoms with Crippen molar-refractivity contribution in [3.8, 4) is 0 Å². The van der Waals surface area contributed by atoms with Crippen molar-refractivity contribution >= 4 is 17.9 Å². The molecule has 0 heterocycles. The van der Waals surface area contributed by atoms with Gasteiger partial charge in [0.25, 0.3) is 0 Å². The van der Waals surface area contributed by atoms with E-state index in [1.807, 2.05) is 0 Å². The van der Waals surface area contributed by atoms with Crippen molar-refractivity contribution in [1.29, 1.82) is 0 Å². The molecule has 4 saturated carbocycles. The summed E-state index contributed by atoms with van der Waals surface area (Å²) in [6, 6.07) is 0. The predicted molar refractivity (Wildman–Crippen MR) is 104 cm³/mol. The molecule has 0 amide bonds. The van der Waals surface area contributed by atoms with E-state index in [0.717, 1.165) is 0 Å². The minimum absolute atomic E-state index is 0.0548. The Kier molecular flexibility index (Phi) is 7.09. The minimum Gasteiger partial charge on any atom is -0.456 e. The van der Waals surface area contributed by atoms with Crippen molar-refractivity contribution in [2.75, 3.05) is 0 Å². The van der Waals surface area contributed by atoms with Gasteiger partial charge in [0.2, 0.25) is 0 Å². The minimum atomic E-state index is -6.95. The smallest absolute Gasteiger partial charge is 0.456 e. The van der Waals surface area contributed by atoms with Crippen LogP contribution in [0.1, 0.15) is 46.0 Å². The largest absolute Gasteiger partial charge is 0.460 e. The lowest BCUT2D eigenvalue weighted by atomic mass is 9.50. The van der Waals surface area contributed by atoms with Crippen molar-refractivity contribution in [1.82, 2.24) is 0 Å². The molecule has 222 valence electrons. The van der Waals surface area contributed by atoms with Crippen LogP contribution in [0.4, 0.5) is 48.3 Å². The van der Waals surface area contributed by atoms with Gasteiger partial charge in [0, 0.05) is 24.8 Å². The van der Waals surface area contributed by atoms with Crippen LogP contribution in [0.25, 0.3) is 0 Å². The second kappa shape index (κ2) is 8.94. The molecule has 5 atom stereocenters. The predicted octanol–water partition coefficient (Wildman–Crippen LogP) is 5.39. The second-order valence-electron chi connectivity index (χ2n) is 10.4. The molecular weight excluding hydrogens is 569 g/mol. The third kappa shape index (κ3) is 4.93. The maximum Gasteiger partial charge on any atom is 0.460 e. The van der Waals surface area contributed by atoms with Crippen LogP contribution in [0, 0.1) is 11.8 Å². The van der Waals surface area contributed by atoms with Crippen LogP contribution in [0.15, 0.2) is 12.2 Å². The van der Waals surface area contributed by atoms with Gasteiger partial charge in [-0.15, -0.1) is 0 Å². The summed E-state index contributed by atoms with van der Waals surface area (Å²) in [5.41, 5.74) is -4.73. The Hall–Kier alpha value is -2.62. The van der Waals surface area contributed by atoms with Gasteiger partial charge in [-0.3, -0.25) is 0 Å². The van der Waals surface area contributed by atoms with Crippen LogP contribution in [0.3, 0.4) is 0 Å². The highest BCUT2D eigenvalue weighted by Crippen LogP contribution is 2.62. The number of carbonyl (C=O) groups excluding carboxylic acids is 3. The van der Waals surface area contributed by atoms with Crippen molar-refractivity contribution < 1.29 is 76.9 Å². The molecule has 0 N–H and O–H groups in total. The van der Waals surface area contributed by atoms with Crippen LogP contribution >= 0.6 is 0 Å². The van der Waals surface area contributed by atoms with Gasteiger partial charge in [0.05, 0.1) is 0 Å². The van der Waals surface area contributed by atoms with E-state index in [0.29, 0.717) is 0 Å². The molecule has 0 aromatic carbocycles. The van der Waals surface area contributed by atoms with Gasteiger partial charge in [-0.25, -0.2) is 14.4 Å². The van der Waals surface area contributed by atoms with Crippen LogP contribution in [0.5, 0.6) is 0 Å². The summed E-state index contributed by atoms with van der Waals surface area (Å²) in [4.78, 5) is 36.5. The van der Waals surface area contributed by atoms with Crippen LogP contribution in [-0.4, -0.2) is 65.1 Å². The fourth-order valence-corrected chi connectivity index (χ4v) is 5.63. The summed E-state index contributed by atoms with van der Waals surface area (Å²) in [5, 5.41) is 0. The zero-order valence-corrected chi connectivity index (χ0v) is 20.1. The molecule has 0 saturated heterocycles. The third-order valence-corrected chi connectivity index (χ3v) is 7.14. The summed E-state index contributed by atoms with van der Waals surface area (Å²) >= 11 is 0. The van der Waals surface area contributed by atoms with Crippen LogP contribution < -0.4 is 0 Å². The van der Waals surface area contributed by atoms with Crippen LogP contribution in [-0.2, 0) is 28.6 Å². The lowest BCUT2D eigenvalue weighted by molar-refractivity contribution is -0.354. The molecular formula is C22H21F11O6. The number of halogens is 11. The number of alkyl halides is 11. The zero-order valence-electron chi connectivity index (χ0n) is 20.1. The lowest BCUT2D eigenvalue weighted by Crippen LogP contribution is -2.71. The third-order valence-electron chi connectivity index (χ3n) is 7.14. The molecule has 4 fully saturated rings. The maximum atomic E-state index is 14.2. The van der Waals surface area contributed by atoms with E-state index in [1.54, 1.807) is 0 Å². The molecule has 4 aliphatic carbocycles. The summed E-state index contributed by atoms with van der Waals surface area (Å²) in [6.07, 6.45) is -11.4. The fraction of sp³-hybridized carbons (Fsp3) is 0.773. The molecule has 4 bridgehead atoms. The Morgan fingerprint density at radius 2 is 1.38 bits per heavy atom. The molecule has 6 nitrogen and oxygen atoms in total. The Labute approximate surface area is 212 Å². The highest BCUT2D eigenvalue weighted by molar-refractivity contribution is 5.87. The Morgan fingerprint density at radius 1 is 0.821 bits per heavy atom. The second-order valence-corrected chi connectivity index (χ2v) is 10.4. The lowest BCUT2D eigenvalue weighted by Gasteiger charge is -2.62. The first-order valence-electron chi connectivity index (χ1n) is 11.2. The molecule has 17 heteroatoms. The average molecular weight is 590 g/mol. The van der Waals surface area contributed by atoms with Crippen molar-refractivity contribution in [3.63, 3.8) is 0 Å². The van der Waals surface area contributed by atoms with Crippen LogP contribution in [0.2, 0.25) is 0 Å². The van der Waals surface area contributed by atoms with E-state index in [-0.39, 0.29) is 31.8 Å². The number of rotatable bonds is 8. The van der Waals surface area contributed by atoms with Gasteiger partial charge in [-0.05, 0) is 38.5 Å². The summed E-state index contributed by atoms with van der Waals surface area (Å²) < 4.78 is 162. The molecule has 5 unspecified atom stereocenters. The number of hydrogen-bond acceptors (Lipinski definition) is 6. The van der Waals surface area contributed by atoms with E-state index >= 15 is 0 Å². The van der Waals surface area contributed by atoms with Gasteiger partial charge in [0.1, 0.15) is 11.7 Å². The van der Waals surface area contributed by atoms with E-state index in [9.17, 15) is 62.7 Å². The van der Waals surface area contributed by atoms with E-state index in [4.69, 9.17) is 4.74 Å². The summed E-state index contributed by atoms with van der Waals surface area (Å²) in [5.74, 6) is -33.5. The highest BCUT2D eigenvalue weighted by Gasteiger charge is 2.79. The van der Waals surface area contributed by atoms with Gasteiger partial charge < -0.3 is 14.2 Å².